The van der Waals surface area contributed by atoms with Crippen LogP contribution in [-0.2, 0) is 4.79 Å². The number of benzene rings is 3. The molecule has 0 bridgehead atoms. The molecule has 0 saturated carbocycles. The van der Waals surface area contributed by atoms with Crippen LogP contribution in [0, 0.1) is 0 Å². The third kappa shape index (κ3) is 3.94. The summed E-state index contributed by atoms with van der Waals surface area (Å²) in [7, 11) is 1.63. The number of ether oxygens (including phenoxy) is 1. The van der Waals surface area contributed by atoms with Crippen molar-refractivity contribution < 1.29 is 19.3 Å². The van der Waals surface area contributed by atoms with Crippen LogP contribution in [0.5, 0.6) is 5.75 Å². The van der Waals surface area contributed by atoms with Gasteiger partial charge in [0.1, 0.15) is 38.0 Å². The number of rotatable bonds is 5. The average molecular weight is 416 g/mol. The van der Waals surface area contributed by atoms with E-state index in [0.717, 1.165) is 37.6 Å². The Hall–Kier alpha value is -3.15. The molecule has 3 aromatic carbocycles. The second-order valence-electron chi connectivity index (χ2n) is 8.47. The van der Waals surface area contributed by atoms with Gasteiger partial charge in [0.2, 0.25) is 0 Å². The number of carbonyl (C=O) groups is 1. The van der Waals surface area contributed by atoms with Crippen LogP contribution in [0.3, 0.4) is 0 Å². The molecule has 2 aliphatic rings. The highest BCUT2D eigenvalue weighted by Crippen LogP contribution is 2.41. The van der Waals surface area contributed by atoms with Crippen LogP contribution in [0.2, 0.25) is 0 Å². The van der Waals surface area contributed by atoms with Gasteiger partial charge in [-0.15, -0.1) is 0 Å². The van der Waals surface area contributed by atoms with Crippen LogP contribution in [0.4, 0.5) is 5.69 Å². The Balaban J connectivity index is 1.22. The van der Waals surface area contributed by atoms with Gasteiger partial charge in [-0.2, -0.15) is 0 Å². The summed E-state index contributed by atoms with van der Waals surface area (Å²) >= 11 is 0. The molecule has 31 heavy (non-hydrogen) atoms. The van der Waals surface area contributed by atoms with Crippen LogP contribution in [0.25, 0.3) is 11.1 Å². The third-order valence-electron chi connectivity index (χ3n) is 6.61. The number of hydrogen-bond donors (Lipinski definition) is 3. The molecule has 0 radical (unpaired) electrons. The van der Waals surface area contributed by atoms with Crippen molar-refractivity contribution in [3.05, 3.63) is 83.9 Å². The maximum Gasteiger partial charge on any atom is 0.279 e. The fourth-order valence-corrected chi connectivity index (χ4v) is 5.12. The van der Waals surface area contributed by atoms with Gasteiger partial charge in [0, 0.05) is 22.9 Å². The summed E-state index contributed by atoms with van der Waals surface area (Å²) in [5.41, 5.74) is 6.43. The Morgan fingerprint density at radius 3 is 2.19 bits per heavy atom. The molecule has 158 valence electrons. The molecule has 1 heterocycles. The van der Waals surface area contributed by atoms with E-state index < -0.39 is 0 Å². The first-order valence-corrected chi connectivity index (χ1v) is 11.0. The zero-order valence-corrected chi connectivity index (χ0v) is 17.9. The summed E-state index contributed by atoms with van der Waals surface area (Å²) < 4.78 is 5.24. The fraction of sp³-hybridized carbons (Fsp3) is 0.269. The minimum Gasteiger partial charge on any atom is -0.497 e. The molecule has 0 aromatic heterocycles. The highest BCUT2D eigenvalue weighted by molar-refractivity contribution is 5.91. The first kappa shape index (κ1) is 19.8. The second-order valence-corrected chi connectivity index (χ2v) is 8.47. The van der Waals surface area contributed by atoms with Crippen LogP contribution in [-0.4, -0.2) is 45.7 Å². The lowest BCUT2D eigenvalue weighted by molar-refractivity contribution is -1.02. The molecule has 3 aromatic rings. The molecule has 0 unspecified atom stereocenters. The van der Waals surface area contributed by atoms with Gasteiger partial charge >= 0.3 is 0 Å². The quantitative estimate of drug-likeness (QED) is 0.586. The van der Waals surface area contributed by atoms with Crippen molar-refractivity contribution in [2.75, 3.05) is 45.2 Å². The number of nitrogens with one attached hydrogen (secondary N) is 3. The van der Waals surface area contributed by atoms with Crippen molar-refractivity contribution in [1.29, 1.82) is 0 Å². The van der Waals surface area contributed by atoms with Crippen LogP contribution in [0.15, 0.2) is 72.8 Å². The first-order chi connectivity index (χ1) is 15.2. The maximum atomic E-state index is 12.6. The Bertz CT molecular complexity index is 1040. The van der Waals surface area contributed by atoms with Crippen molar-refractivity contribution in [2.45, 2.75) is 6.04 Å². The van der Waals surface area contributed by atoms with Crippen LogP contribution < -0.4 is 19.9 Å². The minimum absolute atomic E-state index is 0.0586. The average Bonchev–Trinajstić information content (AvgIpc) is 3.14. The van der Waals surface area contributed by atoms with Gasteiger partial charge in [-0.25, -0.2) is 0 Å². The lowest BCUT2D eigenvalue weighted by Gasteiger charge is -2.33. The van der Waals surface area contributed by atoms with E-state index in [1.807, 2.05) is 24.3 Å². The van der Waals surface area contributed by atoms with E-state index in [9.17, 15) is 4.79 Å². The molecule has 1 amide bonds. The molecule has 1 aliphatic heterocycles. The lowest BCUT2D eigenvalue weighted by Crippen LogP contribution is -3.28. The molecule has 3 N–H and O–H groups in total. The molecular formula is C26H29N3O2+2. The summed E-state index contributed by atoms with van der Waals surface area (Å²) in [6.45, 7) is 4.63. The number of amides is 1. The van der Waals surface area contributed by atoms with Gasteiger partial charge in [-0.3, -0.25) is 4.79 Å². The summed E-state index contributed by atoms with van der Waals surface area (Å²) in [6.07, 6.45) is 0. The maximum absolute atomic E-state index is 12.6. The normalized spacial score (nSPS) is 20.0. The van der Waals surface area contributed by atoms with Crippen LogP contribution >= 0.6 is 0 Å². The van der Waals surface area contributed by atoms with E-state index in [-0.39, 0.29) is 5.91 Å². The zero-order valence-electron chi connectivity index (χ0n) is 17.9. The van der Waals surface area contributed by atoms with E-state index in [0.29, 0.717) is 12.6 Å². The number of quaternary nitrogens is 2. The van der Waals surface area contributed by atoms with E-state index in [4.69, 9.17) is 4.74 Å². The summed E-state index contributed by atoms with van der Waals surface area (Å²) in [5.74, 6) is 0.808. The number of piperazine rings is 1. The number of anilines is 1. The SMILES string of the molecule is COc1cccc(NC(=O)C[NH+]2CC[NH+](C3c4ccccc4-c4ccccc43)CC2)c1. The second kappa shape index (κ2) is 8.53. The number of carbonyl (C=O) groups excluding carboxylic acids is 1. The van der Waals surface area contributed by atoms with E-state index >= 15 is 0 Å². The molecule has 5 rings (SSSR count). The molecule has 0 spiro atoms. The molecule has 1 saturated heterocycles. The highest BCUT2D eigenvalue weighted by Gasteiger charge is 2.38. The Morgan fingerprint density at radius 1 is 0.903 bits per heavy atom. The van der Waals surface area contributed by atoms with Gasteiger partial charge in [0.25, 0.3) is 5.91 Å². The van der Waals surface area contributed by atoms with E-state index in [1.165, 1.54) is 27.2 Å². The van der Waals surface area contributed by atoms with E-state index in [1.54, 1.807) is 12.0 Å². The molecule has 5 heteroatoms. The summed E-state index contributed by atoms with van der Waals surface area (Å²) in [5, 5.41) is 3.01. The smallest absolute Gasteiger partial charge is 0.279 e. The fourth-order valence-electron chi connectivity index (χ4n) is 5.12. The van der Waals surface area contributed by atoms with Crippen molar-refractivity contribution in [3.8, 4) is 16.9 Å². The lowest BCUT2D eigenvalue weighted by atomic mass is 10.0. The molecule has 1 fully saturated rings. The molecule has 0 atom stereocenters. The monoisotopic (exact) mass is 415 g/mol. The van der Waals surface area contributed by atoms with E-state index in [2.05, 4.69) is 53.8 Å². The van der Waals surface area contributed by atoms with Gasteiger partial charge in [0.05, 0.1) is 7.11 Å². The van der Waals surface area contributed by atoms with Crippen molar-refractivity contribution >= 4 is 11.6 Å². The molecule has 1 aliphatic carbocycles. The Labute approximate surface area is 183 Å². The van der Waals surface area contributed by atoms with Gasteiger partial charge in [-0.1, -0.05) is 54.6 Å². The summed E-state index contributed by atoms with van der Waals surface area (Å²) in [6, 6.07) is 25.6. The molecular weight excluding hydrogens is 386 g/mol. The minimum atomic E-state index is 0.0586. The Morgan fingerprint density at radius 2 is 1.55 bits per heavy atom. The van der Waals surface area contributed by atoms with Crippen molar-refractivity contribution in [2.24, 2.45) is 0 Å². The standard InChI is InChI=1S/C26H27N3O2/c1-31-20-8-6-7-19(17-20)27-25(30)18-28-13-15-29(16-14-28)26-23-11-4-2-9-21(23)22-10-3-5-12-24(22)26/h2-12,17,26H,13-16,18H2,1H3,(H,27,30)/p+2. The largest absolute Gasteiger partial charge is 0.497 e. The number of methoxy groups -OCH3 is 1. The number of fused-ring (bicyclic) bond motifs is 3. The van der Waals surface area contributed by atoms with Crippen molar-refractivity contribution in [3.63, 3.8) is 0 Å². The van der Waals surface area contributed by atoms with Gasteiger partial charge in [-0.05, 0) is 23.3 Å². The highest BCUT2D eigenvalue weighted by atomic mass is 16.5. The predicted octanol–water partition coefficient (Wildman–Crippen LogP) is 1.19. The number of hydrogen-bond acceptors (Lipinski definition) is 2. The predicted molar refractivity (Wildman–Crippen MR) is 122 cm³/mol. The summed E-state index contributed by atoms with van der Waals surface area (Å²) in [4.78, 5) is 15.5. The topological polar surface area (TPSA) is 47.2 Å². The van der Waals surface area contributed by atoms with Crippen molar-refractivity contribution in [1.82, 2.24) is 0 Å². The first-order valence-electron chi connectivity index (χ1n) is 11.0. The Kier molecular flexibility index (Phi) is 5.45. The van der Waals surface area contributed by atoms with Gasteiger partial charge < -0.3 is 19.9 Å². The molecule has 5 nitrogen and oxygen atoms in total. The van der Waals surface area contributed by atoms with Crippen LogP contribution in [0.1, 0.15) is 17.2 Å². The van der Waals surface area contributed by atoms with Gasteiger partial charge in [0.15, 0.2) is 6.54 Å². The zero-order chi connectivity index (χ0) is 21.2. The third-order valence-corrected chi connectivity index (χ3v) is 6.61.